The third kappa shape index (κ3) is 3.80. The van der Waals surface area contributed by atoms with Crippen molar-refractivity contribution >= 4 is 11.6 Å². The Bertz CT molecular complexity index is 318. The first kappa shape index (κ1) is 13.5. The van der Waals surface area contributed by atoms with Crippen LogP contribution >= 0.6 is 11.6 Å². The summed E-state index contributed by atoms with van der Waals surface area (Å²) in [6.45, 7) is 9.59. The molecule has 0 aliphatic heterocycles. The lowest BCUT2D eigenvalue weighted by Gasteiger charge is -2.12. The lowest BCUT2D eigenvalue weighted by Crippen LogP contribution is -2.24. The summed E-state index contributed by atoms with van der Waals surface area (Å²) in [6, 6.07) is 0.922. The third-order valence-corrected chi connectivity index (χ3v) is 2.80. The van der Waals surface area contributed by atoms with Gasteiger partial charge in [-0.25, -0.2) is 0 Å². The topological polar surface area (TPSA) is 29.9 Å². The Labute approximate surface area is 103 Å². The van der Waals surface area contributed by atoms with Gasteiger partial charge < -0.3 is 5.32 Å². The zero-order valence-electron chi connectivity index (χ0n) is 10.6. The molecule has 0 unspecified atom stereocenters. The van der Waals surface area contributed by atoms with Crippen molar-refractivity contribution in [3.63, 3.8) is 0 Å². The van der Waals surface area contributed by atoms with Gasteiger partial charge in [0, 0.05) is 12.1 Å². The summed E-state index contributed by atoms with van der Waals surface area (Å²) in [4.78, 5) is 0. The Kier molecular flexibility index (Phi) is 5.29. The average molecular weight is 244 g/mol. The fourth-order valence-electron chi connectivity index (χ4n) is 1.69. The van der Waals surface area contributed by atoms with Gasteiger partial charge in [-0.05, 0) is 33.2 Å². The Morgan fingerprint density at radius 2 is 2.06 bits per heavy atom. The van der Waals surface area contributed by atoms with Crippen LogP contribution in [0.15, 0.2) is 6.20 Å². The molecule has 0 fully saturated rings. The molecule has 1 rings (SSSR count). The Hall–Kier alpha value is -0.540. The highest BCUT2D eigenvalue weighted by Gasteiger charge is 2.10. The molecule has 0 saturated heterocycles. The molecule has 16 heavy (non-hydrogen) atoms. The van der Waals surface area contributed by atoms with Crippen LogP contribution in [0.1, 0.15) is 45.9 Å². The number of nitrogens with one attached hydrogen (secondary N) is 1. The predicted molar refractivity (Wildman–Crippen MR) is 69.1 cm³/mol. The Morgan fingerprint density at radius 3 is 2.62 bits per heavy atom. The Morgan fingerprint density at radius 1 is 1.38 bits per heavy atom. The number of hydrogen-bond acceptors (Lipinski definition) is 2. The van der Waals surface area contributed by atoms with E-state index in [-0.39, 0.29) is 0 Å². The molecule has 0 radical (unpaired) electrons. The van der Waals surface area contributed by atoms with Gasteiger partial charge in [0.25, 0.3) is 0 Å². The van der Waals surface area contributed by atoms with E-state index in [4.69, 9.17) is 11.6 Å². The molecule has 0 aromatic carbocycles. The van der Waals surface area contributed by atoms with E-state index >= 15 is 0 Å². The van der Waals surface area contributed by atoms with Crippen LogP contribution in [0, 0.1) is 0 Å². The first-order valence-corrected chi connectivity index (χ1v) is 6.35. The summed E-state index contributed by atoms with van der Waals surface area (Å²) < 4.78 is 2.01. The van der Waals surface area contributed by atoms with Crippen LogP contribution in [0.4, 0.5) is 0 Å². The normalized spacial score (nSPS) is 11.7. The Balaban J connectivity index is 2.49. The summed E-state index contributed by atoms with van der Waals surface area (Å²) in [6.07, 6.45) is 3.82. The molecule has 1 N–H and O–H groups in total. The molecule has 3 nitrogen and oxygen atoms in total. The number of nitrogens with zero attached hydrogens (tertiary/aromatic N) is 2. The monoisotopic (exact) mass is 243 g/mol. The number of aromatic nitrogens is 2. The third-order valence-electron chi connectivity index (χ3n) is 2.48. The molecule has 0 aliphatic rings. The second-order valence-corrected chi connectivity index (χ2v) is 5.10. The number of hydrogen-bond donors (Lipinski definition) is 1. The molecular formula is C12H22ClN3. The molecule has 92 valence electrons. The van der Waals surface area contributed by atoms with Gasteiger partial charge in [-0.1, -0.05) is 25.4 Å². The highest BCUT2D eigenvalue weighted by molar-refractivity contribution is 6.31. The minimum absolute atomic E-state index is 0.376. The van der Waals surface area contributed by atoms with Gasteiger partial charge in [-0.2, -0.15) is 5.10 Å². The van der Waals surface area contributed by atoms with E-state index in [9.17, 15) is 0 Å². The van der Waals surface area contributed by atoms with Gasteiger partial charge in [-0.3, -0.25) is 4.68 Å². The summed E-state index contributed by atoms with van der Waals surface area (Å²) in [5, 5.41) is 8.49. The number of halogens is 1. The second-order valence-electron chi connectivity index (χ2n) is 4.69. The number of rotatable bonds is 6. The maximum absolute atomic E-state index is 6.13. The SMILES string of the molecule is CC(C)NCCCc1c(Cl)cnn1C(C)C. The standard InChI is InChI=1S/C12H22ClN3/c1-9(2)14-7-5-6-12-11(13)8-15-16(12)10(3)4/h8-10,14H,5-7H2,1-4H3. The van der Waals surface area contributed by atoms with Crippen LogP contribution in [0.3, 0.4) is 0 Å². The lowest BCUT2D eigenvalue weighted by molar-refractivity contribution is 0.497. The molecule has 1 aromatic rings. The lowest BCUT2D eigenvalue weighted by atomic mass is 10.2. The van der Waals surface area contributed by atoms with Gasteiger partial charge in [-0.15, -0.1) is 0 Å². The molecule has 0 bridgehead atoms. The van der Waals surface area contributed by atoms with E-state index < -0.39 is 0 Å². The summed E-state index contributed by atoms with van der Waals surface area (Å²) in [7, 11) is 0. The van der Waals surface area contributed by atoms with Crippen LogP contribution in [0.2, 0.25) is 5.02 Å². The molecule has 0 saturated carbocycles. The maximum atomic E-state index is 6.13. The van der Waals surface area contributed by atoms with Crippen molar-refractivity contribution in [1.29, 1.82) is 0 Å². The second kappa shape index (κ2) is 6.26. The van der Waals surface area contributed by atoms with Gasteiger partial charge in [0.2, 0.25) is 0 Å². The van der Waals surface area contributed by atoms with Gasteiger partial charge >= 0.3 is 0 Å². The predicted octanol–water partition coefficient (Wildman–Crippen LogP) is 3.05. The van der Waals surface area contributed by atoms with E-state index in [1.54, 1.807) is 6.20 Å². The summed E-state index contributed by atoms with van der Waals surface area (Å²) in [5.41, 5.74) is 1.15. The molecule has 4 heteroatoms. The summed E-state index contributed by atoms with van der Waals surface area (Å²) >= 11 is 6.13. The van der Waals surface area contributed by atoms with E-state index in [0.717, 1.165) is 30.1 Å². The smallest absolute Gasteiger partial charge is 0.0817 e. The van der Waals surface area contributed by atoms with E-state index in [1.807, 2.05) is 4.68 Å². The fraction of sp³-hybridized carbons (Fsp3) is 0.750. The molecule has 0 spiro atoms. The highest BCUT2D eigenvalue weighted by atomic mass is 35.5. The van der Waals surface area contributed by atoms with Gasteiger partial charge in [0.1, 0.15) is 0 Å². The van der Waals surface area contributed by atoms with Crippen LogP contribution in [0.25, 0.3) is 0 Å². The van der Waals surface area contributed by atoms with E-state index in [1.165, 1.54) is 0 Å². The molecule has 0 aliphatic carbocycles. The minimum Gasteiger partial charge on any atom is -0.315 e. The molecule has 1 heterocycles. The van der Waals surface area contributed by atoms with Crippen molar-refractivity contribution in [2.75, 3.05) is 6.54 Å². The van der Waals surface area contributed by atoms with Gasteiger partial charge in [0.05, 0.1) is 16.9 Å². The zero-order chi connectivity index (χ0) is 12.1. The van der Waals surface area contributed by atoms with Gasteiger partial charge in [0.15, 0.2) is 0 Å². The van der Waals surface area contributed by atoms with E-state index in [2.05, 4.69) is 38.1 Å². The first-order valence-electron chi connectivity index (χ1n) is 5.97. The van der Waals surface area contributed by atoms with Crippen molar-refractivity contribution in [1.82, 2.24) is 15.1 Å². The van der Waals surface area contributed by atoms with Crippen LogP contribution in [0.5, 0.6) is 0 Å². The molecule has 0 atom stereocenters. The summed E-state index contributed by atoms with van der Waals surface area (Å²) in [5.74, 6) is 0. The highest BCUT2D eigenvalue weighted by Crippen LogP contribution is 2.20. The van der Waals surface area contributed by atoms with E-state index in [0.29, 0.717) is 12.1 Å². The zero-order valence-corrected chi connectivity index (χ0v) is 11.4. The molecular weight excluding hydrogens is 222 g/mol. The van der Waals surface area contributed by atoms with Crippen molar-refractivity contribution < 1.29 is 0 Å². The average Bonchev–Trinajstić information content (AvgIpc) is 2.54. The molecule has 0 amide bonds. The quantitative estimate of drug-likeness (QED) is 0.779. The van der Waals surface area contributed by atoms with Crippen molar-refractivity contribution in [2.45, 2.75) is 52.6 Å². The van der Waals surface area contributed by atoms with Crippen molar-refractivity contribution in [2.24, 2.45) is 0 Å². The van der Waals surface area contributed by atoms with Crippen LogP contribution in [-0.2, 0) is 6.42 Å². The minimum atomic E-state index is 0.376. The fourth-order valence-corrected chi connectivity index (χ4v) is 1.92. The van der Waals surface area contributed by atoms with Crippen LogP contribution < -0.4 is 5.32 Å². The van der Waals surface area contributed by atoms with Crippen molar-refractivity contribution in [3.05, 3.63) is 16.9 Å². The molecule has 1 aromatic heterocycles. The van der Waals surface area contributed by atoms with Crippen LogP contribution in [-0.4, -0.2) is 22.4 Å². The maximum Gasteiger partial charge on any atom is 0.0817 e. The largest absolute Gasteiger partial charge is 0.315 e. The first-order chi connectivity index (χ1) is 7.52. The van der Waals surface area contributed by atoms with Crippen molar-refractivity contribution in [3.8, 4) is 0 Å².